The van der Waals surface area contributed by atoms with Crippen LogP contribution < -0.4 is 10.6 Å². The topological polar surface area (TPSA) is 72.9 Å². The van der Waals surface area contributed by atoms with E-state index in [9.17, 15) is 0 Å². The van der Waals surface area contributed by atoms with Crippen molar-refractivity contribution in [3.8, 4) is 5.69 Å². The predicted octanol–water partition coefficient (Wildman–Crippen LogP) is 1.81. The number of nitrogen functional groups attached to an aromatic ring is 1. The molecule has 0 saturated carbocycles. The largest absolute Gasteiger partial charge is 0.399 e. The van der Waals surface area contributed by atoms with Crippen LogP contribution in [0, 0.1) is 0 Å². The number of rotatable bonds is 3. The molecule has 0 bridgehead atoms. The van der Waals surface area contributed by atoms with Gasteiger partial charge in [-0.3, -0.25) is 0 Å². The van der Waals surface area contributed by atoms with Crippen LogP contribution in [0.4, 0.5) is 11.4 Å². The van der Waals surface area contributed by atoms with Crippen LogP contribution >= 0.6 is 0 Å². The Bertz CT molecular complexity index is 810. The summed E-state index contributed by atoms with van der Waals surface area (Å²) >= 11 is 0. The van der Waals surface area contributed by atoms with Crippen molar-refractivity contribution < 1.29 is 0 Å². The van der Waals surface area contributed by atoms with Crippen molar-refractivity contribution in [1.82, 2.24) is 20.2 Å². The number of anilines is 2. The Morgan fingerprint density at radius 3 is 2.91 bits per heavy atom. The molecular weight excluding hydrogens is 276 g/mol. The summed E-state index contributed by atoms with van der Waals surface area (Å²) in [4.78, 5) is 2.31. The highest BCUT2D eigenvalue weighted by Crippen LogP contribution is 2.28. The third kappa shape index (κ3) is 2.18. The highest BCUT2D eigenvalue weighted by molar-refractivity contribution is 5.57. The fraction of sp³-hybridized carbons (Fsp3) is 0.188. The molecule has 6 nitrogen and oxygen atoms in total. The second kappa shape index (κ2) is 5.14. The zero-order valence-corrected chi connectivity index (χ0v) is 12.1. The van der Waals surface area contributed by atoms with Crippen LogP contribution in [-0.2, 0) is 13.0 Å². The number of para-hydroxylation sites is 1. The highest BCUT2D eigenvalue weighted by Gasteiger charge is 2.21. The van der Waals surface area contributed by atoms with Crippen molar-refractivity contribution in [3.05, 3.63) is 59.9 Å². The van der Waals surface area contributed by atoms with Crippen LogP contribution in [0.2, 0.25) is 0 Å². The molecule has 110 valence electrons. The van der Waals surface area contributed by atoms with Gasteiger partial charge in [-0.25, -0.2) is 0 Å². The lowest BCUT2D eigenvalue weighted by atomic mass is 10.2. The van der Waals surface area contributed by atoms with E-state index < -0.39 is 0 Å². The normalized spacial score (nSPS) is 13.4. The second-order valence-corrected chi connectivity index (χ2v) is 5.40. The van der Waals surface area contributed by atoms with E-state index in [1.165, 1.54) is 11.3 Å². The fourth-order valence-corrected chi connectivity index (χ4v) is 2.90. The van der Waals surface area contributed by atoms with Crippen molar-refractivity contribution in [1.29, 1.82) is 0 Å². The van der Waals surface area contributed by atoms with Gasteiger partial charge in [0.05, 0.1) is 12.2 Å². The van der Waals surface area contributed by atoms with E-state index in [4.69, 9.17) is 5.73 Å². The van der Waals surface area contributed by atoms with Crippen LogP contribution in [0.15, 0.2) is 48.5 Å². The Morgan fingerprint density at radius 2 is 2.00 bits per heavy atom. The molecule has 0 amide bonds. The summed E-state index contributed by atoms with van der Waals surface area (Å²) in [6, 6.07) is 16.1. The number of aromatic nitrogens is 4. The van der Waals surface area contributed by atoms with Gasteiger partial charge in [-0.1, -0.05) is 24.3 Å². The minimum absolute atomic E-state index is 0.679. The van der Waals surface area contributed by atoms with Gasteiger partial charge in [0.15, 0.2) is 5.82 Å². The Kier molecular flexibility index (Phi) is 3.00. The van der Waals surface area contributed by atoms with Gasteiger partial charge < -0.3 is 10.6 Å². The molecule has 1 aromatic heterocycles. The molecule has 0 radical (unpaired) electrons. The highest BCUT2D eigenvalue weighted by atomic mass is 15.5. The van der Waals surface area contributed by atoms with Gasteiger partial charge >= 0.3 is 0 Å². The maximum Gasteiger partial charge on any atom is 0.175 e. The van der Waals surface area contributed by atoms with Crippen LogP contribution in [-0.4, -0.2) is 26.8 Å². The maximum absolute atomic E-state index is 5.85. The average molecular weight is 292 g/mol. The second-order valence-electron chi connectivity index (χ2n) is 5.40. The monoisotopic (exact) mass is 292 g/mol. The molecule has 2 aromatic carbocycles. The summed E-state index contributed by atoms with van der Waals surface area (Å²) in [5.41, 5.74) is 10.1. The molecule has 3 aromatic rings. The summed E-state index contributed by atoms with van der Waals surface area (Å²) in [7, 11) is 0. The predicted molar refractivity (Wildman–Crippen MR) is 84.8 cm³/mol. The molecule has 1 aliphatic rings. The third-order valence-electron chi connectivity index (χ3n) is 3.96. The summed E-state index contributed by atoms with van der Waals surface area (Å²) in [6.07, 6.45) is 1.07. The molecule has 0 aliphatic carbocycles. The van der Waals surface area contributed by atoms with Gasteiger partial charge in [0.2, 0.25) is 0 Å². The zero-order valence-electron chi connectivity index (χ0n) is 12.1. The molecule has 6 heteroatoms. The Morgan fingerprint density at radius 1 is 1.09 bits per heavy atom. The van der Waals surface area contributed by atoms with E-state index in [1.54, 1.807) is 4.68 Å². The molecular formula is C16H16N6. The van der Waals surface area contributed by atoms with Gasteiger partial charge in [0.1, 0.15) is 0 Å². The Labute approximate surface area is 128 Å². The molecule has 0 fully saturated rings. The van der Waals surface area contributed by atoms with Gasteiger partial charge in [-0.15, -0.1) is 5.10 Å². The number of fused-ring (bicyclic) bond motifs is 1. The summed E-state index contributed by atoms with van der Waals surface area (Å²) in [6.45, 7) is 1.67. The lowest BCUT2D eigenvalue weighted by molar-refractivity contribution is 0.729. The van der Waals surface area contributed by atoms with Gasteiger partial charge in [0.25, 0.3) is 0 Å². The van der Waals surface area contributed by atoms with E-state index in [2.05, 4.69) is 44.7 Å². The lowest BCUT2D eigenvalue weighted by Crippen LogP contribution is -2.22. The minimum Gasteiger partial charge on any atom is -0.399 e. The minimum atomic E-state index is 0.679. The molecule has 0 atom stereocenters. The van der Waals surface area contributed by atoms with E-state index in [-0.39, 0.29) is 0 Å². The van der Waals surface area contributed by atoms with Crippen molar-refractivity contribution in [3.63, 3.8) is 0 Å². The Balaban J connectivity index is 1.65. The molecule has 0 spiro atoms. The zero-order chi connectivity index (χ0) is 14.9. The van der Waals surface area contributed by atoms with Crippen molar-refractivity contribution in [2.45, 2.75) is 13.0 Å². The maximum atomic E-state index is 5.85. The fourth-order valence-electron chi connectivity index (χ4n) is 2.90. The molecule has 4 rings (SSSR count). The van der Waals surface area contributed by atoms with Crippen molar-refractivity contribution >= 4 is 11.4 Å². The smallest absolute Gasteiger partial charge is 0.175 e. The van der Waals surface area contributed by atoms with Crippen LogP contribution in [0.5, 0.6) is 0 Å². The molecule has 22 heavy (non-hydrogen) atoms. The van der Waals surface area contributed by atoms with Gasteiger partial charge in [-0.05, 0) is 46.7 Å². The number of nitrogens with two attached hydrogens (primary N) is 1. The van der Waals surface area contributed by atoms with E-state index in [1.807, 2.05) is 24.3 Å². The first-order valence-electron chi connectivity index (χ1n) is 7.27. The summed E-state index contributed by atoms with van der Waals surface area (Å²) < 4.78 is 1.75. The molecule has 2 N–H and O–H groups in total. The number of hydrogen-bond donors (Lipinski definition) is 1. The standard InChI is InChI=1S/C16H16N6/c17-13-5-3-6-14(10-13)22-16(18-19-20-22)11-21-9-8-12-4-1-2-7-15(12)21/h1-7,10H,8-9,11,17H2. The van der Waals surface area contributed by atoms with E-state index in [0.29, 0.717) is 12.2 Å². The van der Waals surface area contributed by atoms with Crippen molar-refractivity contribution in [2.75, 3.05) is 17.2 Å². The molecule has 0 saturated heterocycles. The first kappa shape index (κ1) is 12.8. The molecule has 2 heterocycles. The van der Waals surface area contributed by atoms with Crippen LogP contribution in [0.1, 0.15) is 11.4 Å². The van der Waals surface area contributed by atoms with Crippen LogP contribution in [0.3, 0.4) is 0 Å². The first-order chi connectivity index (χ1) is 10.8. The summed E-state index contributed by atoms with van der Waals surface area (Å²) in [5.74, 6) is 0.808. The summed E-state index contributed by atoms with van der Waals surface area (Å²) in [5, 5.41) is 12.1. The average Bonchev–Trinajstić information content (AvgIpc) is 3.15. The molecule has 0 unspecified atom stereocenters. The van der Waals surface area contributed by atoms with Gasteiger partial charge in [-0.2, -0.15) is 4.68 Å². The van der Waals surface area contributed by atoms with Crippen LogP contribution in [0.25, 0.3) is 5.69 Å². The van der Waals surface area contributed by atoms with Gasteiger partial charge in [0, 0.05) is 17.9 Å². The number of hydrogen-bond acceptors (Lipinski definition) is 5. The van der Waals surface area contributed by atoms with Crippen molar-refractivity contribution in [2.24, 2.45) is 0 Å². The van der Waals surface area contributed by atoms with E-state index >= 15 is 0 Å². The number of benzene rings is 2. The lowest BCUT2D eigenvalue weighted by Gasteiger charge is -2.18. The first-order valence-corrected chi connectivity index (χ1v) is 7.27. The van der Waals surface area contributed by atoms with E-state index in [0.717, 1.165) is 24.5 Å². The third-order valence-corrected chi connectivity index (χ3v) is 3.96. The Hall–Kier alpha value is -2.89. The SMILES string of the molecule is Nc1cccc(-n2nnnc2CN2CCc3ccccc32)c1. The number of tetrazole rings is 1. The number of nitrogens with zero attached hydrogens (tertiary/aromatic N) is 5. The quantitative estimate of drug-likeness (QED) is 0.745. The molecule has 1 aliphatic heterocycles.